The Labute approximate surface area is 111 Å². The van der Waals surface area contributed by atoms with Crippen LogP contribution in [0.15, 0.2) is 0 Å². The van der Waals surface area contributed by atoms with E-state index in [1.807, 2.05) is 0 Å². The Hall–Kier alpha value is -0.170. The van der Waals surface area contributed by atoms with Gasteiger partial charge in [0.2, 0.25) is 0 Å². The van der Waals surface area contributed by atoms with Gasteiger partial charge in [-0.25, -0.2) is 0 Å². The molecule has 2 aliphatic rings. The molecule has 0 atom stereocenters. The van der Waals surface area contributed by atoms with Crippen LogP contribution >= 0.6 is 0 Å². The molecule has 0 aromatic heterocycles. The van der Waals surface area contributed by atoms with Gasteiger partial charge in [0.25, 0.3) is 10.2 Å². The fourth-order valence-electron chi connectivity index (χ4n) is 2.35. The van der Waals surface area contributed by atoms with E-state index in [-0.39, 0.29) is 6.04 Å². The molecule has 1 saturated heterocycles. The van der Waals surface area contributed by atoms with Crippen molar-refractivity contribution in [2.24, 2.45) is 5.92 Å². The van der Waals surface area contributed by atoms with Crippen LogP contribution in [0.5, 0.6) is 0 Å². The van der Waals surface area contributed by atoms with Gasteiger partial charge in [0.15, 0.2) is 0 Å². The van der Waals surface area contributed by atoms with Gasteiger partial charge in [-0.05, 0) is 31.7 Å². The maximum Gasteiger partial charge on any atom is 0.282 e. The van der Waals surface area contributed by atoms with Gasteiger partial charge >= 0.3 is 0 Å². The topological polar surface area (TPSA) is 52.7 Å². The van der Waals surface area contributed by atoms with Crippen molar-refractivity contribution in [3.05, 3.63) is 0 Å². The van der Waals surface area contributed by atoms with Crippen LogP contribution in [0.4, 0.5) is 0 Å². The molecule has 1 aliphatic heterocycles. The summed E-state index contributed by atoms with van der Waals surface area (Å²) in [6.07, 6.45) is 2.95. The number of rotatable bonds is 5. The second-order valence-corrected chi connectivity index (χ2v) is 7.59. The Bertz CT molecular complexity index is 358. The second kappa shape index (κ2) is 5.86. The Balaban J connectivity index is 2.10. The zero-order valence-corrected chi connectivity index (χ0v) is 12.2. The molecule has 0 spiro atoms. The van der Waals surface area contributed by atoms with E-state index >= 15 is 0 Å². The van der Waals surface area contributed by atoms with E-state index in [1.54, 1.807) is 8.61 Å². The van der Waals surface area contributed by atoms with E-state index in [2.05, 4.69) is 19.2 Å². The predicted octanol–water partition coefficient (Wildman–Crippen LogP) is 0.647. The van der Waals surface area contributed by atoms with E-state index in [4.69, 9.17) is 0 Å². The molecule has 5 nitrogen and oxygen atoms in total. The van der Waals surface area contributed by atoms with Crippen LogP contribution in [0.1, 0.15) is 33.1 Å². The summed E-state index contributed by atoms with van der Waals surface area (Å²) in [6.45, 7) is 7.74. The zero-order valence-electron chi connectivity index (χ0n) is 11.4. The highest BCUT2D eigenvalue weighted by atomic mass is 32.2. The van der Waals surface area contributed by atoms with E-state index in [0.717, 1.165) is 32.4 Å². The SMILES string of the molecule is CC(C)CN(C1CC1)S(=O)(=O)N1CCCNCC1. The van der Waals surface area contributed by atoms with Crippen LogP contribution < -0.4 is 5.32 Å². The largest absolute Gasteiger partial charge is 0.315 e. The van der Waals surface area contributed by atoms with Crippen molar-refractivity contribution in [1.82, 2.24) is 13.9 Å². The smallest absolute Gasteiger partial charge is 0.282 e. The van der Waals surface area contributed by atoms with Gasteiger partial charge < -0.3 is 5.32 Å². The molecule has 0 unspecified atom stereocenters. The Kier molecular flexibility index (Phi) is 4.64. The van der Waals surface area contributed by atoms with Crippen LogP contribution in [-0.4, -0.2) is 55.8 Å². The monoisotopic (exact) mass is 275 g/mol. The van der Waals surface area contributed by atoms with E-state index < -0.39 is 10.2 Å². The number of hydrogen-bond acceptors (Lipinski definition) is 3. The maximum absolute atomic E-state index is 12.7. The first kappa shape index (κ1) is 14.2. The molecule has 0 bridgehead atoms. The molecular formula is C12H25N3O2S. The minimum Gasteiger partial charge on any atom is -0.315 e. The molecule has 106 valence electrons. The highest BCUT2D eigenvalue weighted by Crippen LogP contribution is 2.31. The summed E-state index contributed by atoms with van der Waals surface area (Å²) in [5, 5.41) is 3.25. The lowest BCUT2D eigenvalue weighted by Gasteiger charge is -2.30. The number of hydrogen-bond donors (Lipinski definition) is 1. The second-order valence-electron chi connectivity index (χ2n) is 5.71. The van der Waals surface area contributed by atoms with Crippen molar-refractivity contribution in [2.45, 2.75) is 39.2 Å². The molecule has 18 heavy (non-hydrogen) atoms. The number of nitrogens with zero attached hydrogens (tertiary/aromatic N) is 2. The summed E-state index contributed by atoms with van der Waals surface area (Å²) in [5.74, 6) is 0.380. The summed E-state index contributed by atoms with van der Waals surface area (Å²) in [4.78, 5) is 0. The van der Waals surface area contributed by atoms with Gasteiger partial charge in [0.05, 0.1) is 0 Å². The summed E-state index contributed by atoms with van der Waals surface area (Å²) in [7, 11) is -3.25. The normalized spacial score (nSPS) is 23.6. The molecule has 0 amide bonds. The van der Waals surface area contributed by atoms with Gasteiger partial charge in [-0.3, -0.25) is 0 Å². The van der Waals surface area contributed by atoms with Gasteiger partial charge in [-0.2, -0.15) is 17.0 Å². The van der Waals surface area contributed by atoms with Crippen molar-refractivity contribution >= 4 is 10.2 Å². The van der Waals surface area contributed by atoms with Crippen LogP contribution in [0.2, 0.25) is 0 Å². The Morgan fingerprint density at radius 1 is 1.28 bits per heavy atom. The van der Waals surface area contributed by atoms with Crippen LogP contribution in [-0.2, 0) is 10.2 Å². The molecular weight excluding hydrogens is 250 g/mol. The van der Waals surface area contributed by atoms with E-state index in [1.165, 1.54) is 0 Å². The third kappa shape index (κ3) is 3.44. The first-order valence-electron chi connectivity index (χ1n) is 6.99. The fourth-order valence-corrected chi connectivity index (χ4v) is 4.41. The van der Waals surface area contributed by atoms with Crippen molar-refractivity contribution in [3.63, 3.8) is 0 Å². The summed E-state index contributed by atoms with van der Waals surface area (Å²) in [5.41, 5.74) is 0. The first-order valence-corrected chi connectivity index (χ1v) is 8.39. The van der Waals surface area contributed by atoms with Crippen molar-refractivity contribution < 1.29 is 8.42 Å². The number of nitrogens with one attached hydrogen (secondary N) is 1. The molecule has 2 rings (SSSR count). The average Bonchev–Trinajstić information content (AvgIpc) is 3.12. The quantitative estimate of drug-likeness (QED) is 0.801. The third-order valence-electron chi connectivity index (χ3n) is 3.42. The molecule has 1 aliphatic carbocycles. The van der Waals surface area contributed by atoms with Crippen LogP contribution in [0.3, 0.4) is 0 Å². The minimum absolute atomic E-state index is 0.258. The minimum atomic E-state index is -3.25. The lowest BCUT2D eigenvalue weighted by molar-refractivity contribution is 0.314. The fraction of sp³-hybridized carbons (Fsp3) is 1.00. The highest BCUT2D eigenvalue weighted by Gasteiger charge is 2.40. The standard InChI is InChI=1S/C12H25N3O2S/c1-11(2)10-15(12-4-5-12)18(16,17)14-8-3-6-13-7-9-14/h11-13H,3-10H2,1-2H3. The van der Waals surface area contributed by atoms with Gasteiger partial charge in [0, 0.05) is 32.2 Å². The van der Waals surface area contributed by atoms with Crippen molar-refractivity contribution in [2.75, 3.05) is 32.7 Å². The molecule has 0 aromatic rings. The van der Waals surface area contributed by atoms with E-state index in [9.17, 15) is 8.42 Å². The molecule has 2 fully saturated rings. The molecule has 0 aromatic carbocycles. The maximum atomic E-state index is 12.7. The van der Waals surface area contributed by atoms with Gasteiger partial charge in [0.1, 0.15) is 0 Å². The van der Waals surface area contributed by atoms with Gasteiger partial charge in [-0.15, -0.1) is 0 Å². The highest BCUT2D eigenvalue weighted by molar-refractivity contribution is 7.86. The van der Waals surface area contributed by atoms with E-state index in [0.29, 0.717) is 25.6 Å². The van der Waals surface area contributed by atoms with Crippen molar-refractivity contribution in [3.8, 4) is 0 Å². The van der Waals surface area contributed by atoms with Crippen molar-refractivity contribution in [1.29, 1.82) is 0 Å². The van der Waals surface area contributed by atoms with Crippen LogP contribution in [0, 0.1) is 5.92 Å². The van der Waals surface area contributed by atoms with Gasteiger partial charge in [-0.1, -0.05) is 13.8 Å². The summed E-state index contributed by atoms with van der Waals surface area (Å²) < 4.78 is 28.8. The molecule has 1 heterocycles. The first-order chi connectivity index (χ1) is 8.51. The molecule has 1 N–H and O–H groups in total. The summed E-state index contributed by atoms with van der Waals surface area (Å²) in [6, 6.07) is 0.258. The zero-order chi connectivity index (χ0) is 13.2. The lowest BCUT2D eigenvalue weighted by Crippen LogP contribution is -2.47. The third-order valence-corrected chi connectivity index (χ3v) is 5.48. The Morgan fingerprint density at radius 2 is 2.00 bits per heavy atom. The molecule has 1 saturated carbocycles. The lowest BCUT2D eigenvalue weighted by atomic mass is 10.2. The Morgan fingerprint density at radius 3 is 2.61 bits per heavy atom. The molecule has 6 heteroatoms. The molecule has 0 radical (unpaired) electrons. The summed E-state index contributed by atoms with van der Waals surface area (Å²) >= 11 is 0. The average molecular weight is 275 g/mol. The van der Waals surface area contributed by atoms with Crippen LogP contribution in [0.25, 0.3) is 0 Å². The predicted molar refractivity (Wildman–Crippen MR) is 72.5 cm³/mol.